The van der Waals surface area contributed by atoms with Crippen molar-refractivity contribution in [2.45, 2.75) is 63.8 Å². The molecule has 1 saturated carbocycles. The average molecular weight is 401 g/mol. The number of esters is 1. The maximum absolute atomic E-state index is 13.5. The molecular weight excluding hydrogens is 368 g/mol. The molecule has 0 aromatic heterocycles. The number of amides is 2. The fraction of sp³-hybridized carbons (Fsp3) is 0.609. The maximum atomic E-state index is 13.5. The summed E-state index contributed by atoms with van der Waals surface area (Å²) in [6.45, 7) is 5.09. The van der Waals surface area contributed by atoms with E-state index in [4.69, 9.17) is 0 Å². The van der Waals surface area contributed by atoms with E-state index in [9.17, 15) is 14.4 Å². The molecule has 1 aliphatic carbocycles. The summed E-state index contributed by atoms with van der Waals surface area (Å²) in [4.78, 5) is 40.4. The molecule has 1 spiro atoms. The molecule has 29 heavy (non-hydrogen) atoms. The lowest BCUT2D eigenvalue weighted by molar-refractivity contribution is -0.140. The van der Waals surface area contributed by atoms with Gasteiger partial charge in [-0.05, 0) is 30.4 Å². The standard InChI is InChI=1S/C23H32N2O4/c1-16(2)15-25-22(28)18-10-6-5-9-17(18)20(23(25)12-7-4-8-13-23)21(27)24-14-11-19(26)29-3/h5-6,9-10,16,20H,4,7-8,11-15H2,1-3H3,(H,24,27)/t20-/m1/s1. The summed E-state index contributed by atoms with van der Waals surface area (Å²) in [5.74, 6) is -0.531. The highest BCUT2D eigenvalue weighted by atomic mass is 16.5. The zero-order valence-electron chi connectivity index (χ0n) is 17.7. The van der Waals surface area contributed by atoms with Gasteiger partial charge < -0.3 is 15.0 Å². The number of carbonyl (C=O) groups excluding carboxylic acids is 3. The zero-order valence-corrected chi connectivity index (χ0v) is 17.7. The monoisotopic (exact) mass is 400 g/mol. The lowest BCUT2D eigenvalue weighted by Gasteiger charge is -2.54. The predicted molar refractivity (Wildman–Crippen MR) is 111 cm³/mol. The molecule has 1 atom stereocenters. The molecule has 1 aromatic carbocycles. The topological polar surface area (TPSA) is 75.7 Å². The molecule has 1 aromatic rings. The fourth-order valence-electron chi connectivity index (χ4n) is 4.97. The number of hydrogen-bond acceptors (Lipinski definition) is 4. The van der Waals surface area contributed by atoms with Gasteiger partial charge in [0.25, 0.3) is 5.91 Å². The van der Waals surface area contributed by atoms with Crippen molar-refractivity contribution in [1.82, 2.24) is 10.2 Å². The summed E-state index contributed by atoms with van der Waals surface area (Å²) in [7, 11) is 1.34. The van der Waals surface area contributed by atoms with E-state index in [1.807, 2.05) is 29.2 Å². The number of nitrogens with zero attached hydrogens (tertiary/aromatic N) is 1. The number of carbonyl (C=O) groups is 3. The summed E-state index contributed by atoms with van der Waals surface area (Å²) < 4.78 is 4.68. The molecule has 3 rings (SSSR count). The molecule has 0 radical (unpaired) electrons. The van der Waals surface area contributed by atoms with Crippen molar-refractivity contribution in [3.05, 3.63) is 35.4 Å². The third-order valence-electron chi connectivity index (χ3n) is 6.21. The summed E-state index contributed by atoms with van der Waals surface area (Å²) in [5.41, 5.74) is 0.941. The van der Waals surface area contributed by atoms with Crippen molar-refractivity contribution in [2.75, 3.05) is 20.2 Å². The summed E-state index contributed by atoms with van der Waals surface area (Å²) in [6.07, 6.45) is 4.94. The van der Waals surface area contributed by atoms with Crippen LogP contribution in [0.15, 0.2) is 24.3 Å². The lowest BCUT2D eigenvalue weighted by atomic mass is 9.65. The van der Waals surface area contributed by atoms with E-state index < -0.39 is 11.5 Å². The summed E-state index contributed by atoms with van der Waals surface area (Å²) in [6, 6.07) is 7.50. The third-order valence-corrected chi connectivity index (χ3v) is 6.21. The summed E-state index contributed by atoms with van der Waals surface area (Å²) >= 11 is 0. The molecule has 1 aliphatic heterocycles. The van der Waals surface area contributed by atoms with Gasteiger partial charge in [0.2, 0.25) is 5.91 Å². The Kier molecular flexibility index (Phi) is 6.60. The van der Waals surface area contributed by atoms with Gasteiger partial charge in [-0.25, -0.2) is 0 Å². The molecule has 1 N–H and O–H groups in total. The molecule has 6 heteroatoms. The van der Waals surface area contributed by atoms with Crippen molar-refractivity contribution >= 4 is 17.8 Å². The second-order valence-corrected chi connectivity index (χ2v) is 8.61. The smallest absolute Gasteiger partial charge is 0.307 e. The van der Waals surface area contributed by atoms with Crippen molar-refractivity contribution in [2.24, 2.45) is 5.92 Å². The molecule has 0 bridgehead atoms. The lowest BCUT2D eigenvalue weighted by Crippen LogP contribution is -2.63. The highest BCUT2D eigenvalue weighted by Crippen LogP contribution is 2.49. The largest absolute Gasteiger partial charge is 0.469 e. The van der Waals surface area contributed by atoms with Crippen molar-refractivity contribution in [3.63, 3.8) is 0 Å². The quantitative estimate of drug-likeness (QED) is 0.744. The van der Waals surface area contributed by atoms with E-state index >= 15 is 0 Å². The third kappa shape index (κ3) is 4.16. The van der Waals surface area contributed by atoms with E-state index in [-0.39, 0.29) is 30.7 Å². The minimum Gasteiger partial charge on any atom is -0.469 e. The predicted octanol–water partition coefficient (Wildman–Crippen LogP) is 3.26. The van der Waals surface area contributed by atoms with Crippen molar-refractivity contribution in [1.29, 1.82) is 0 Å². The second-order valence-electron chi connectivity index (χ2n) is 8.61. The van der Waals surface area contributed by atoms with Gasteiger partial charge in [0.1, 0.15) is 0 Å². The minimum atomic E-state index is -0.497. The molecule has 0 unspecified atom stereocenters. The SMILES string of the molecule is COC(=O)CCNC(=O)[C@H]1c2ccccc2C(=O)N(CC(C)C)C12CCCCC2. The zero-order chi connectivity index (χ0) is 21.0. The molecule has 2 aliphatic rings. The van der Waals surface area contributed by atoms with Gasteiger partial charge in [-0.15, -0.1) is 0 Å². The molecule has 2 amide bonds. The van der Waals surface area contributed by atoms with Crippen LogP contribution in [0.25, 0.3) is 0 Å². The number of fused-ring (bicyclic) bond motifs is 1. The van der Waals surface area contributed by atoms with Crippen LogP contribution in [0, 0.1) is 5.92 Å². The Morgan fingerprint density at radius 2 is 1.90 bits per heavy atom. The van der Waals surface area contributed by atoms with Crippen LogP contribution in [0.2, 0.25) is 0 Å². The first kappa shape index (κ1) is 21.3. The molecule has 1 heterocycles. The molecule has 1 fully saturated rings. The van der Waals surface area contributed by atoms with Gasteiger partial charge in [-0.3, -0.25) is 14.4 Å². The van der Waals surface area contributed by atoms with E-state index in [1.54, 1.807) is 0 Å². The number of benzene rings is 1. The highest BCUT2D eigenvalue weighted by molar-refractivity contribution is 6.02. The Labute approximate surface area is 173 Å². The Hall–Kier alpha value is -2.37. The number of hydrogen-bond donors (Lipinski definition) is 1. The van der Waals surface area contributed by atoms with Gasteiger partial charge >= 0.3 is 5.97 Å². The first-order valence-corrected chi connectivity index (χ1v) is 10.7. The van der Waals surface area contributed by atoms with Crippen LogP contribution in [-0.2, 0) is 14.3 Å². The van der Waals surface area contributed by atoms with E-state index in [0.29, 0.717) is 18.0 Å². The maximum Gasteiger partial charge on any atom is 0.307 e. The number of nitrogens with one attached hydrogen (secondary N) is 1. The van der Waals surface area contributed by atoms with Gasteiger partial charge in [0, 0.05) is 18.7 Å². The molecule has 0 saturated heterocycles. The molecule has 6 nitrogen and oxygen atoms in total. The molecule has 158 valence electrons. The summed E-state index contributed by atoms with van der Waals surface area (Å²) in [5, 5.41) is 2.94. The average Bonchev–Trinajstić information content (AvgIpc) is 2.71. The van der Waals surface area contributed by atoms with Crippen LogP contribution in [0.3, 0.4) is 0 Å². The second kappa shape index (κ2) is 8.97. The van der Waals surface area contributed by atoms with Gasteiger partial charge in [-0.2, -0.15) is 0 Å². The van der Waals surface area contributed by atoms with Crippen LogP contribution in [0.1, 0.15) is 74.2 Å². The van der Waals surface area contributed by atoms with Gasteiger partial charge in [-0.1, -0.05) is 51.3 Å². The number of ether oxygens (including phenoxy) is 1. The van der Waals surface area contributed by atoms with E-state index in [2.05, 4.69) is 23.9 Å². The van der Waals surface area contributed by atoms with Gasteiger partial charge in [0.05, 0.1) is 25.0 Å². The van der Waals surface area contributed by atoms with E-state index in [0.717, 1.165) is 37.7 Å². The number of methoxy groups -OCH3 is 1. The minimum absolute atomic E-state index is 0.0369. The van der Waals surface area contributed by atoms with Crippen LogP contribution >= 0.6 is 0 Å². The van der Waals surface area contributed by atoms with Crippen LogP contribution < -0.4 is 5.32 Å². The van der Waals surface area contributed by atoms with Crippen LogP contribution in [0.4, 0.5) is 0 Å². The Bertz CT molecular complexity index is 768. The first-order valence-electron chi connectivity index (χ1n) is 10.7. The Morgan fingerprint density at radius 3 is 2.55 bits per heavy atom. The Morgan fingerprint density at radius 1 is 1.21 bits per heavy atom. The van der Waals surface area contributed by atoms with Gasteiger partial charge in [0.15, 0.2) is 0 Å². The first-order chi connectivity index (χ1) is 13.9. The molecular formula is C23H32N2O4. The van der Waals surface area contributed by atoms with Crippen LogP contribution in [-0.4, -0.2) is 48.4 Å². The van der Waals surface area contributed by atoms with Crippen molar-refractivity contribution < 1.29 is 19.1 Å². The number of rotatable bonds is 6. The Balaban J connectivity index is 2.01. The fourth-order valence-corrected chi connectivity index (χ4v) is 4.97. The highest BCUT2D eigenvalue weighted by Gasteiger charge is 2.54. The normalized spacial score (nSPS) is 20.5. The van der Waals surface area contributed by atoms with Crippen molar-refractivity contribution in [3.8, 4) is 0 Å². The van der Waals surface area contributed by atoms with E-state index in [1.165, 1.54) is 7.11 Å². The van der Waals surface area contributed by atoms with Crippen LogP contribution in [0.5, 0.6) is 0 Å².